The number of carbonyl (C=O) groups is 1. The fraction of sp³-hybridized carbons (Fsp3) is 0.167. The summed E-state index contributed by atoms with van der Waals surface area (Å²) in [5, 5.41) is 3.34. The van der Waals surface area contributed by atoms with Crippen LogP contribution in [0.25, 0.3) is 10.1 Å². The van der Waals surface area contributed by atoms with Crippen molar-refractivity contribution in [1.82, 2.24) is 0 Å². The van der Waals surface area contributed by atoms with E-state index < -0.39 is 0 Å². The van der Waals surface area contributed by atoms with Crippen LogP contribution in [-0.4, -0.2) is 5.78 Å². The third-order valence-electron chi connectivity index (χ3n) is 3.46. The Kier molecular flexibility index (Phi) is 3.76. The lowest BCUT2D eigenvalue weighted by Crippen LogP contribution is -2.01. The van der Waals surface area contributed by atoms with Crippen LogP contribution in [0.4, 0.5) is 0 Å². The fourth-order valence-electron chi connectivity index (χ4n) is 2.34. The van der Waals surface area contributed by atoms with Crippen molar-refractivity contribution in [3.8, 4) is 5.75 Å². The summed E-state index contributed by atoms with van der Waals surface area (Å²) in [4.78, 5) is 11.7. The van der Waals surface area contributed by atoms with Crippen molar-refractivity contribution in [2.24, 2.45) is 0 Å². The third-order valence-corrected chi connectivity index (χ3v) is 4.47. The molecule has 3 rings (SSSR count). The van der Waals surface area contributed by atoms with Gasteiger partial charge in [-0.15, -0.1) is 11.3 Å². The van der Waals surface area contributed by atoms with E-state index in [1.165, 1.54) is 10.1 Å². The summed E-state index contributed by atoms with van der Waals surface area (Å²) in [6, 6.07) is 14.0. The van der Waals surface area contributed by atoms with E-state index >= 15 is 0 Å². The van der Waals surface area contributed by atoms with E-state index in [1.54, 1.807) is 18.3 Å². The lowest BCUT2D eigenvalue weighted by molar-refractivity contribution is 0.101. The number of ether oxygens (including phenoxy) is 1. The number of benzene rings is 2. The molecule has 0 amide bonds. The van der Waals surface area contributed by atoms with E-state index in [2.05, 4.69) is 17.5 Å². The molecule has 0 unspecified atom stereocenters. The minimum absolute atomic E-state index is 0.0314. The maximum absolute atomic E-state index is 11.7. The van der Waals surface area contributed by atoms with Gasteiger partial charge in [-0.1, -0.05) is 29.8 Å². The topological polar surface area (TPSA) is 26.3 Å². The average Bonchev–Trinajstić information content (AvgIpc) is 2.89. The van der Waals surface area contributed by atoms with Crippen molar-refractivity contribution in [3.63, 3.8) is 0 Å². The smallest absolute Gasteiger partial charge is 0.163 e. The first-order chi connectivity index (χ1) is 10.1. The molecule has 0 saturated carbocycles. The number of hydrogen-bond donors (Lipinski definition) is 0. The lowest BCUT2D eigenvalue weighted by atomic mass is 10.1. The van der Waals surface area contributed by atoms with Crippen LogP contribution in [0.2, 0.25) is 0 Å². The zero-order valence-electron chi connectivity index (χ0n) is 12.1. The Balaban J connectivity index is 1.87. The van der Waals surface area contributed by atoms with Crippen LogP contribution in [-0.2, 0) is 6.61 Å². The zero-order valence-corrected chi connectivity index (χ0v) is 12.9. The minimum Gasteiger partial charge on any atom is -0.488 e. The fourth-order valence-corrected chi connectivity index (χ4v) is 3.29. The molecule has 0 aliphatic rings. The Hall–Kier alpha value is -2.13. The normalized spacial score (nSPS) is 10.8. The Bertz CT molecular complexity index is 802. The van der Waals surface area contributed by atoms with E-state index in [1.807, 2.05) is 37.3 Å². The molecule has 0 radical (unpaired) electrons. The molecule has 0 N–H and O–H groups in total. The number of Topliss-reactive ketones (excluding diaryl/α,β-unsaturated/α-hetero) is 1. The SMILES string of the molecule is CC(=O)c1cc(C)ccc1OCc1csc2ccccc12. The number of aryl methyl sites for hydroxylation is 1. The number of thiophene rings is 1. The quantitative estimate of drug-likeness (QED) is 0.634. The predicted molar refractivity (Wildman–Crippen MR) is 87.3 cm³/mol. The molecule has 0 fully saturated rings. The van der Waals surface area contributed by atoms with Crippen molar-refractivity contribution >= 4 is 27.2 Å². The molecule has 2 aromatic carbocycles. The summed E-state index contributed by atoms with van der Waals surface area (Å²) >= 11 is 1.72. The van der Waals surface area contributed by atoms with Crippen LogP contribution < -0.4 is 4.74 Å². The van der Waals surface area contributed by atoms with E-state index in [0.717, 1.165) is 11.1 Å². The van der Waals surface area contributed by atoms with Crippen molar-refractivity contribution in [2.75, 3.05) is 0 Å². The second kappa shape index (κ2) is 5.70. The monoisotopic (exact) mass is 296 g/mol. The summed E-state index contributed by atoms with van der Waals surface area (Å²) in [5.74, 6) is 0.687. The Morgan fingerprint density at radius 3 is 2.81 bits per heavy atom. The van der Waals surface area contributed by atoms with Gasteiger partial charge < -0.3 is 4.74 Å². The molecule has 106 valence electrons. The van der Waals surface area contributed by atoms with Crippen LogP contribution in [0, 0.1) is 6.92 Å². The molecule has 1 aromatic heterocycles. The highest BCUT2D eigenvalue weighted by atomic mass is 32.1. The Morgan fingerprint density at radius 2 is 2.00 bits per heavy atom. The van der Waals surface area contributed by atoms with Gasteiger partial charge in [-0.2, -0.15) is 0 Å². The number of hydrogen-bond acceptors (Lipinski definition) is 3. The van der Waals surface area contributed by atoms with Gasteiger partial charge in [0.15, 0.2) is 5.78 Å². The van der Waals surface area contributed by atoms with Gasteiger partial charge in [0.2, 0.25) is 0 Å². The largest absolute Gasteiger partial charge is 0.488 e. The van der Waals surface area contributed by atoms with E-state index in [9.17, 15) is 4.79 Å². The van der Waals surface area contributed by atoms with Crippen LogP contribution in [0.3, 0.4) is 0 Å². The van der Waals surface area contributed by atoms with Gasteiger partial charge in [0.05, 0.1) is 5.56 Å². The van der Waals surface area contributed by atoms with E-state index in [0.29, 0.717) is 17.9 Å². The van der Waals surface area contributed by atoms with Crippen molar-refractivity contribution in [1.29, 1.82) is 0 Å². The van der Waals surface area contributed by atoms with Crippen LogP contribution in [0.1, 0.15) is 28.4 Å². The average molecular weight is 296 g/mol. The first-order valence-electron chi connectivity index (χ1n) is 6.84. The molecule has 0 saturated heterocycles. The minimum atomic E-state index is 0.0314. The molecule has 2 nitrogen and oxygen atoms in total. The standard InChI is InChI=1S/C18H16O2S/c1-12-7-8-17(16(9-12)13(2)19)20-10-14-11-21-18-6-4-3-5-15(14)18/h3-9,11H,10H2,1-2H3. The molecule has 21 heavy (non-hydrogen) atoms. The number of carbonyl (C=O) groups excluding carboxylic acids is 1. The summed E-state index contributed by atoms with van der Waals surface area (Å²) < 4.78 is 7.15. The molecule has 0 atom stereocenters. The summed E-state index contributed by atoms with van der Waals surface area (Å²) in [6.45, 7) is 4.03. The molecular weight excluding hydrogens is 280 g/mol. The summed E-state index contributed by atoms with van der Waals surface area (Å²) in [6.07, 6.45) is 0. The van der Waals surface area contributed by atoms with Crippen molar-refractivity contribution in [3.05, 3.63) is 64.5 Å². The molecule has 0 bridgehead atoms. The van der Waals surface area contributed by atoms with Gasteiger partial charge in [-0.3, -0.25) is 4.79 Å². The highest BCUT2D eigenvalue weighted by Crippen LogP contribution is 2.28. The van der Waals surface area contributed by atoms with Gasteiger partial charge in [-0.05, 0) is 42.8 Å². The van der Waals surface area contributed by atoms with Crippen molar-refractivity contribution in [2.45, 2.75) is 20.5 Å². The van der Waals surface area contributed by atoms with Crippen LogP contribution >= 0.6 is 11.3 Å². The van der Waals surface area contributed by atoms with Crippen LogP contribution in [0.15, 0.2) is 47.8 Å². The highest BCUT2D eigenvalue weighted by molar-refractivity contribution is 7.17. The molecule has 0 spiro atoms. The Labute approximate surface area is 128 Å². The third kappa shape index (κ3) is 2.83. The number of rotatable bonds is 4. The second-order valence-corrected chi connectivity index (χ2v) is 6.01. The molecule has 0 aliphatic heterocycles. The van der Waals surface area contributed by atoms with Gasteiger partial charge >= 0.3 is 0 Å². The van der Waals surface area contributed by atoms with E-state index in [-0.39, 0.29) is 5.78 Å². The van der Waals surface area contributed by atoms with Gasteiger partial charge in [0, 0.05) is 10.3 Å². The Morgan fingerprint density at radius 1 is 1.19 bits per heavy atom. The zero-order chi connectivity index (χ0) is 14.8. The molecule has 3 aromatic rings. The van der Waals surface area contributed by atoms with Crippen molar-refractivity contribution < 1.29 is 9.53 Å². The second-order valence-electron chi connectivity index (χ2n) is 5.10. The molecule has 3 heteroatoms. The number of fused-ring (bicyclic) bond motifs is 1. The first-order valence-corrected chi connectivity index (χ1v) is 7.72. The predicted octanol–water partition coefficient (Wildman–Crippen LogP) is 4.99. The summed E-state index contributed by atoms with van der Waals surface area (Å²) in [7, 11) is 0. The first kappa shape index (κ1) is 13.8. The maximum atomic E-state index is 11.7. The summed E-state index contributed by atoms with van der Waals surface area (Å²) in [5.41, 5.74) is 2.87. The van der Waals surface area contributed by atoms with Gasteiger partial charge in [-0.25, -0.2) is 0 Å². The maximum Gasteiger partial charge on any atom is 0.163 e. The lowest BCUT2D eigenvalue weighted by Gasteiger charge is -2.10. The molecule has 1 heterocycles. The number of ketones is 1. The highest BCUT2D eigenvalue weighted by Gasteiger charge is 2.10. The van der Waals surface area contributed by atoms with Crippen LogP contribution in [0.5, 0.6) is 5.75 Å². The van der Waals surface area contributed by atoms with Gasteiger partial charge in [0.25, 0.3) is 0 Å². The molecular formula is C18H16O2S. The van der Waals surface area contributed by atoms with E-state index in [4.69, 9.17) is 4.74 Å². The van der Waals surface area contributed by atoms with Gasteiger partial charge in [0.1, 0.15) is 12.4 Å². The molecule has 0 aliphatic carbocycles.